The molecular weight excluding hydrogens is 521 g/mol. The molecule has 0 aliphatic heterocycles. The van der Waals surface area contributed by atoms with Gasteiger partial charge in [-0.25, -0.2) is 0 Å². The van der Waals surface area contributed by atoms with E-state index in [0.717, 1.165) is 5.56 Å². The van der Waals surface area contributed by atoms with Crippen molar-refractivity contribution in [3.05, 3.63) is 29.8 Å². The molecule has 0 saturated heterocycles. The maximum Gasteiger partial charge on any atom is 0.325 e. The molecule has 0 spiro atoms. The number of phenols is 1. The molecule has 1 atom stereocenters. The number of ether oxygens (including phenoxy) is 1. The summed E-state index contributed by atoms with van der Waals surface area (Å²) in [5.41, 5.74) is 0.740. The van der Waals surface area contributed by atoms with Gasteiger partial charge in [0.1, 0.15) is 12.3 Å². The minimum Gasteiger partial charge on any atom is -0.520 e. The zero-order valence-electron chi connectivity index (χ0n) is 11.2. The van der Waals surface area contributed by atoms with Crippen LogP contribution in [0.5, 0.6) is 5.75 Å². The second-order valence-corrected chi connectivity index (χ2v) is 3.96. The summed E-state index contributed by atoms with van der Waals surface area (Å²) < 4.78 is 4.39. The second kappa shape index (κ2) is 8.52. The minimum atomic E-state index is -0.860. The third-order valence-electron chi connectivity index (χ3n) is 2.56. The predicted octanol–water partition coefficient (Wildman–Crippen LogP) is -0.751. The first kappa shape index (κ1) is 17.4. The van der Waals surface area contributed by atoms with E-state index in [-0.39, 0.29) is 18.7 Å². The van der Waals surface area contributed by atoms with Crippen LogP contribution in [0.15, 0.2) is 24.3 Å². The smallest absolute Gasteiger partial charge is 0.325 e. The van der Waals surface area contributed by atoms with Gasteiger partial charge in [-0.1, -0.05) is 12.1 Å². The van der Waals surface area contributed by atoms with Gasteiger partial charge in [0.15, 0.2) is 0 Å². The summed E-state index contributed by atoms with van der Waals surface area (Å²) in [7, 11) is 1.21. The maximum atomic E-state index is 11.8. The molecule has 8 heteroatoms. The fourth-order valence-electron chi connectivity index (χ4n) is 1.50. The van der Waals surface area contributed by atoms with E-state index >= 15 is 0 Å². The van der Waals surface area contributed by atoms with Crippen molar-refractivity contribution >= 4 is 18.3 Å². The molecule has 0 aliphatic rings. The number of methoxy groups -OCH3 is 1. The van der Waals surface area contributed by atoms with Crippen LogP contribution in [-0.2, 0) is 25.5 Å². The predicted molar refractivity (Wildman–Crippen MR) is 69.5 cm³/mol. The van der Waals surface area contributed by atoms with E-state index in [1.54, 1.807) is 12.1 Å². The molecule has 0 saturated carbocycles. The van der Waals surface area contributed by atoms with Gasteiger partial charge in [0, 0.05) is 0 Å². The Labute approximate surface area is 115 Å². The molecule has 0 heterocycles. The van der Waals surface area contributed by atoms with Crippen molar-refractivity contribution in [1.82, 2.24) is 10.6 Å². The molecule has 1 rings (SSSR count). The Morgan fingerprint density at radius 3 is 2.48 bits per heavy atom. The van der Waals surface area contributed by atoms with E-state index in [9.17, 15) is 14.4 Å². The number of hydrogen-bond acceptors (Lipinski definition) is 5. The van der Waals surface area contributed by atoms with Gasteiger partial charge < -0.3 is 25.3 Å². The molecular formula is C13H15FmN2O5-. The number of aromatic hydroxyl groups is 1. The van der Waals surface area contributed by atoms with Crippen LogP contribution in [-0.4, -0.2) is 43.1 Å². The fraction of sp³-hybridized carbons (Fsp3) is 0.308. The van der Waals surface area contributed by atoms with Crippen LogP contribution in [0, 0.1) is 0 Å². The summed E-state index contributed by atoms with van der Waals surface area (Å²) >= 11 is 0. The van der Waals surface area contributed by atoms with Crippen molar-refractivity contribution in [3.8, 4) is 5.75 Å². The van der Waals surface area contributed by atoms with Crippen molar-refractivity contribution in [1.29, 1.82) is 0 Å². The molecule has 7 nitrogen and oxygen atoms in total. The Kier molecular flexibility index (Phi) is 7.07. The van der Waals surface area contributed by atoms with E-state index in [0.29, 0.717) is 0 Å². The van der Waals surface area contributed by atoms with Gasteiger partial charge >= 0.3 is 5.97 Å². The molecule has 2 amide bonds. The number of phenolic OH excluding ortho intramolecular Hbond substituents is 1. The number of hydrogen-bond donors (Lipinski definition) is 3. The van der Waals surface area contributed by atoms with Crippen LogP contribution in [0.2, 0.25) is 0 Å². The number of rotatable bonds is 7. The van der Waals surface area contributed by atoms with Gasteiger partial charge in [-0.3, -0.25) is 9.59 Å². The van der Waals surface area contributed by atoms with Crippen molar-refractivity contribution < 1.29 is 24.2 Å². The van der Waals surface area contributed by atoms with Crippen molar-refractivity contribution in [2.75, 3.05) is 13.7 Å². The van der Waals surface area contributed by atoms with E-state index in [1.807, 2.05) is 0 Å². The Morgan fingerprint density at radius 2 is 1.95 bits per heavy atom. The molecule has 0 unspecified atom stereocenters. The standard InChI is InChI=1S/C13H15N2O5.Fm/c1-20-12(18)7-14-13(19)11(15-8-16)6-9-2-4-10(17)5-3-9;/h2-5,11,17H,6-7H2,1H3,(H,14,19)(H,15,16);/q-1;/t11-;/m0./s1. The molecule has 0 aliphatic carbocycles. The number of nitrogens with one attached hydrogen (secondary N) is 2. The Balaban J connectivity index is 0.00000400. The number of benzene rings is 1. The summed E-state index contributed by atoms with van der Waals surface area (Å²) in [5, 5.41) is 13.8. The molecule has 0 radical (unpaired) electrons. The molecule has 0 bridgehead atoms. The van der Waals surface area contributed by atoms with Crippen LogP contribution in [0.4, 0.5) is 0 Å². The van der Waals surface area contributed by atoms with Crippen molar-refractivity contribution in [2.24, 2.45) is 0 Å². The average molecular weight is 536 g/mol. The maximum absolute atomic E-state index is 11.8. The van der Waals surface area contributed by atoms with Crippen LogP contribution < -0.4 is 10.6 Å². The van der Waals surface area contributed by atoms with E-state index in [2.05, 4.69) is 15.4 Å². The monoisotopic (exact) mass is 536 g/mol. The summed E-state index contributed by atoms with van der Waals surface area (Å²) in [6, 6.07) is 5.35. The van der Waals surface area contributed by atoms with Gasteiger partial charge in [0.25, 0.3) is 0 Å². The molecule has 3 N–H and O–H groups in total. The first-order valence-electron chi connectivity index (χ1n) is 5.82. The number of amides is 2. The van der Waals surface area contributed by atoms with Crippen molar-refractivity contribution in [2.45, 2.75) is 12.5 Å². The molecule has 0 fully saturated rings. The molecule has 21 heavy (non-hydrogen) atoms. The van der Waals surface area contributed by atoms with Crippen LogP contribution in [0.25, 0.3) is 0 Å². The summed E-state index contributed by atoms with van der Waals surface area (Å²) in [4.78, 5) is 33.2. The minimum absolute atomic E-state index is 0. The zero-order chi connectivity index (χ0) is 15.0. The third kappa shape index (κ3) is 5.73. The Bertz CT molecular complexity index is 478. The Morgan fingerprint density at radius 1 is 1.33 bits per heavy atom. The van der Waals surface area contributed by atoms with Crippen LogP contribution in [0.3, 0.4) is 0 Å². The van der Waals surface area contributed by atoms with Gasteiger partial charge in [-0.05, 0) is 24.1 Å². The van der Waals surface area contributed by atoms with Gasteiger partial charge in [-0.2, -0.15) is 6.41 Å². The fourth-order valence-corrected chi connectivity index (χ4v) is 1.50. The number of esters is 1. The van der Waals surface area contributed by atoms with Gasteiger partial charge in [-0.15, -0.1) is 0 Å². The Hall–Kier alpha value is -3.57. The van der Waals surface area contributed by atoms with E-state index in [1.165, 1.54) is 25.7 Å². The number of carbonyl (C=O) groups excluding carboxylic acids is 3. The van der Waals surface area contributed by atoms with E-state index < -0.39 is 17.9 Å². The third-order valence-corrected chi connectivity index (χ3v) is 2.56. The largest absolute Gasteiger partial charge is 0.520 e. The SMILES string of the molecule is COC(=O)CNC(=O)[C@H](Cc1ccc(O)cc1)N[C-]=O.[Fm]. The van der Waals surface area contributed by atoms with Crippen LogP contribution in [0.1, 0.15) is 5.56 Å². The average Bonchev–Trinajstić information content (AvgIpc) is 2.46. The number of carbonyl (C=O) groups is 2. The molecule has 1 aromatic rings. The zero-order valence-corrected chi connectivity index (χ0v) is 13.6. The summed E-state index contributed by atoms with van der Waals surface area (Å²) in [5.74, 6) is -1.00. The molecule has 120 valence electrons. The quantitative estimate of drug-likeness (QED) is 0.242. The summed E-state index contributed by atoms with van der Waals surface area (Å²) in [6.07, 6.45) is 1.67. The van der Waals surface area contributed by atoms with Gasteiger partial charge in [0.2, 0.25) is 5.91 Å². The first-order chi connectivity index (χ1) is 9.56. The second-order valence-electron chi connectivity index (χ2n) is 3.96. The van der Waals surface area contributed by atoms with Gasteiger partial charge in [0.05, 0.1) is 13.2 Å². The normalized spacial score (nSPS) is 10.7. The molecule has 1 aromatic carbocycles. The van der Waals surface area contributed by atoms with E-state index in [4.69, 9.17) is 5.11 Å². The topological polar surface area (TPSA) is 105 Å². The van der Waals surface area contributed by atoms with Crippen molar-refractivity contribution in [3.63, 3.8) is 0 Å². The molecule has 0 aromatic heterocycles. The summed E-state index contributed by atoms with van der Waals surface area (Å²) in [6.45, 7) is -0.276. The first-order valence-corrected chi connectivity index (χ1v) is 5.82. The van der Waals surface area contributed by atoms with Crippen LogP contribution >= 0.6 is 0 Å².